The summed E-state index contributed by atoms with van der Waals surface area (Å²) >= 11 is 0. The number of carboxylic acid groups (broad SMARTS) is 1. The number of rotatable bonds is 3. The van der Waals surface area contributed by atoms with E-state index in [-0.39, 0.29) is 17.3 Å². The fourth-order valence-corrected chi connectivity index (χ4v) is 2.38. The van der Waals surface area contributed by atoms with Gasteiger partial charge in [0.05, 0.1) is 5.92 Å². The molecule has 1 aliphatic rings. The van der Waals surface area contributed by atoms with Crippen LogP contribution in [0.2, 0.25) is 0 Å². The van der Waals surface area contributed by atoms with Crippen LogP contribution in [0.1, 0.15) is 38.2 Å². The molecule has 3 nitrogen and oxygen atoms in total. The summed E-state index contributed by atoms with van der Waals surface area (Å²) in [4.78, 5) is 11.0. The van der Waals surface area contributed by atoms with Gasteiger partial charge < -0.3 is 9.52 Å². The standard InChI is InChI=1S/C12H16O3/c1-4-7-5-6-8(15-7)9-10(11(13)14)12(9,2)3/h5-6,9-10H,4H2,1-3H3,(H,13,14). The van der Waals surface area contributed by atoms with Crippen molar-refractivity contribution in [2.24, 2.45) is 11.3 Å². The molecule has 1 heterocycles. The van der Waals surface area contributed by atoms with E-state index in [0.717, 1.165) is 17.9 Å². The zero-order valence-corrected chi connectivity index (χ0v) is 9.28. The van der Waals surface area contributed by atoms with Gasteiger partial charge in [0.15, 0.2) is 0 Å². The van der Waals surface area contributed by atoms with Crippen LogP contribution in [-0.4, -0.2) is 11.1 Å². The SMILES string of the molecule is CCc1ccc(C2C(C(=O)O)C2(C)C)o1. The van der Waals surface area contributed by atoms with Crippen LogP contribution in [0.4, 0.5) is 0 Å². The van der Waals surface area contributed by atoms with E-state index in [4.69, 9.17) is 9.52 Å². The second kappa shape index (κ2) is 3.12. The topological polar surface area (TPSA) is 50.4 Å². The van der Waals surface area contributed by atoms with Crippen LogP contribution in [0.3, 0.4) is 0 Å². The van der Waals surface area contributed by atoms with Gasteiger partial charge in [0.1, 0.15) is 11.5 Å². The zero-order chi connectivity index (χ0) is 11.2. The molecule has 1 aromatic rings. The summed E-state index contributed by atoms with van der Waals surface area (Å²) in [5, 5.41) is 9.04. The fraction of sp³-hybridized carbons (Fsp3) is 0.583. The molecular formula is C12H16O3. The van der Waals surface area contributed by atoms with Gasteiger partial charge in [0, 0.05) is 12.3 Å². The number of carbonyl (C=O) groups is 1. The van der Waals surface area contributed by atoms with Crippen LogP contribution >= 0.6 is 0 Å². The van der Waals surface area contributed by atoms with Crippen molar-refractivity contribution in [1.29, 1.82) is 0 Å². The van der Waals surface area contributed by atoms with Crippen LogP contribution in [0.15, 0.2) is 16.5 Å². The van der Waals surface area contributed by atoms with Crippen LogP contribution < -0.4 is 0 Å². The maximum atomic E-state index is 11.0. The van der Waals surface area contributed by atoms with E-state index in [2.05, 4.69) is 0 Å². The van der Waals surface area contributed by atoms with Gasteiger partial charge in [-0.1, -0.05) is 20.8 Å². The number of aliphatic carboxylic acids is 1. The zero-order valence-electron chi connectivity index (χ0n) is 9.28. The summed E-state index contributed by atoms with van der Waals surface area (Å²) in [5.74, 6) is 0.768. The Labute approximate surface area is 89.1 Å². The molecule has 0 spiro atoms. The first kappa shape index (κ1) is 10.3. The molecule has 2 unspecified atom stereocenters. The molecule has 82 valence electrons. The minimum absolute atomic E-state index is 0.0373. The van der Waals surface area contributed by atoms with Crippen molar-refractivity contribution < 1.29 is 14.3 Å². The van der Waals surface area contributed by atoms with E-state index in [0.29, 0.717) is 0 Å². The second-order valence-corrected chi connectivity index (χ2v) is 4.77. The summed E-state index contributed by atoms with van der Waals surface area (Å²) in [6.45, 7) is 5.98. The van der Waals surface area contributed by atoms with Gasteiger partial charge in [0.2, 0.25) is 0 Å². The maximum absolute atomic E-state index is 11.0. The lowest BCUT2D eigenvalue weighted by molar-refractivity contribution is -0.139. The normalized spacial score (nSPS) is 27.7. The Kier molecular flexibility index (Phi) is 2.14. The molecule has 1 N–H and O–H groups in total. The van der Waals surface area contributed by atoms with Crippen LogP contribution in [-0.2, 0) is 11.2 Å². The molecule has 0 aromatic carbocycles. The molecule has 2 rings (SSSR count). The average Bonchev–Trinajstić information content (AvgIpc) is 2.59. The molecule has 15 heavy (non-hydrogen) atoms. The number of carboxylic acids is 1. The van der Waals surface area contributed by atoms with Crippen molar-refractivity contribution in [3.63, 3.8) is 0 Å². The smallest absolute Gasteiger partial charge is 0.307 e. The molecule has 0 aliphatic heterocycles. The third-order valence-electron chi connectivity index (χ3n) is 3.43. The largest absolute Gasteiger partial charge is 0.481 e. The van der Waals surface area contributed by atoms with Gasteiger partial charge >= 0.3 is 5.97 Å². The minimum atomic E-state index is -0.723. The van der Waals surface area contributed by atoms with Crippen molar-refractivity contribution in [3.05, 3.63) is 23.7 Å². The van der Waals surface area contributed by atoms with Gasteiger partial charge in [-0.25, -0.2) is 0 Å². The van der Waals surface area contributed by atoms with Crippen LogP contribution in [0.25, 0.3) is 0 Å². The van der Waals surface area contributed by atoms with Crippen molar-refractivity contribution in [3.8, 4) is 0 Å². The van der Waals surface area contributed by atoms with Gasteiger partial charge in [-0.15, -0.1) is 0 Å². The molecule has 0 saturated heterocycles. The average molecular weight is 208 g/mol. The van der Waals surface area contributed by atoms with E-state index in [1.807, 2.05) is 32.9 Å². The molecule has 1 aliphatic carbocycles. The Bertz CT molecular complexity index is 389. The van der Waals surface area contributed by atoms with Crippen LogP contribution in [0.5, 0.6) is 0 Å². The Morgan fingerprint density at radius 2 is 2.20 bits per heavy atom. The molecule has 1 saturated carbocycles. The summed E-state index contributed by atoms with van der Waals surface area (Å²) in [5.41, 5.74) is -0.172. The summed E-state index contributed by atoms with van der Waals surface area (Å²) < 4.78 is 5.61. The molecule has 1 aromatic heterocycles. The Balaban J connectivity index is 2.23. The van der Waals surface area contributed by atoms with Crippen molar-refractivity contribution in [2.45, 2.75) is 33.1 Å². The van der Waals surface area contributed by atoms with Crippen molar-refractivity contribution >= 4 is 5.97 Å². The highest BCUT2D eigenvalue weighted by Gasteiger charge is 2.64. The summed E-state index contributed by atoms with van der Waals surface area (Å²) in [7, 11) is 0. The van der Waals surface area contributed by atoms with E-state index in [1.54, 1.807) is 0 Å². The molecular weight excluding hydrogens is 192 g/mol. The van der Waals surface area contributed by atoms with E-state index in [1.165, 1.54) is 0 Å². The van der Waals surface area contributed by atoms with Crippen LogP contribution in [0, 0.1) is 11.3 Å². The highest BCUT2D eigenvalue weighted by molar-refractivity contribution is 5.77. The minimum Gasteiger partial charge on any atom is -0.481 e. The van der Waals surface area contributed by atoms with E-state index < -0.39 is 5.97 Å². The van der Waals surface area contributed by atoms with Gasteiger partial charge in [-0.3, -0.25) is 4.79 Å². The predicted octanol–water partition coefficient (Wildman–Crippen LogP) is 2.67. The maximum Gasteiger partial charge on any atom is 0.307 e. The molecule has 2 atom stereocenters. The Morgan fingerprint density at radius 1 is 1.53 bits per heavy atom. The van der Waals surface area contributed by atoms with Gasteiger partial charge in [0.25, 0.3) is 0 Å². The highest BCUT2D eigenvalue weighted by Crippen LogP contribution is 2.64. The number of hydrogen-bond donors (Lipinski definition) is 1. The van der Waals surface area contributed by atoms with Gasteiger partial charge in [-0.05, 0) is 17.5 Å². The van der Waals surface area contributed by atoms with Crippen molar-refractivity contribution in [1.82, 2.24) is 0 Å². The molecule has 0 bridgehead atoms. The van der Waals surface area contributed by atoms with Gasteiger partial charge in [-0.2, -0.15) is 0 Å². The molecule has 0 amide bonds. The molecule has 1 fully saturated rings. The monoisotopic (exact) mass is 208 g/mol. The predicted molar refractivity (Wildman–Crippen MR) is 55.7 cm³/mol. The summed E-state index contributed by atoms with van der Waals surface area (Å²) in [6.07, 6.45) is 0.852. The second-order valence-electron chi connectivity index (χ2n) is 4.77. The Hall–Kier alpha value is -1.25. The first-order valence-electron chi connectivity index (χ1n) is 5.30. The lowest BCUT2D eigenvalue weighted by Crippen LogP contribution is -2.02. The highest BCUT2D eigenvalue weighted by atomic mass is 16.4. The number of hydrogen-bond acceptors (Lipinski definition) is 2. The third-order valence-corrected chi connectivity index (χ3v) is 3.43. The number of aryl methyl sites for hydroxylation is 1. The quantitative estimate of drug-likeness (QED) is 0.830. The third kappa shape index (κ3) is 1.46. The first-order chi connectivity index (χ1) is 6.98. The first-order valence-corrected chi connectivity index (χ1v) is 5.30. The van der Waals surface area contributed by atoms with Crippen molar-refractivity contribution in [2.75, 3.05) is 0 Å². The molecule has 3 heteroatoms. The Morgan fingerprint density at radius 3 is 2.60 bits per heavy atom. The lowest BCUT2D eigenvalue weighted by Gasteiger charge is -1.98. The fourth-order valence-electron chi connectivity index (χ4n) is 2.38. The molecule has 0 radical (unpaired) electrons. The lowest BCUT2D eigenvalue weighted by atomic mass is 10.1. The van der Waals surface area contributed by atoms with E-state index in [9.17, 15) is 4.79 Å². The number of furan rings is 1. The van der Waals surface area contributed by atoms with E-state index >= 15 is 0 Å². The summed E-state index contributed by atoms with van der Waals surface area (Å²) in [6, 6.07) is 3.84.